The van der Waals surface area contributed by atoms with E-state index in [1.165, 1.54) is 5.56 Å². The molecule has 0 unspecified atom stereocenters. The van der Waals surface area contributed by atoms with Crippen LogP contribution < -0.4 is 19.9 Å². The van der Waals surface area contributed by atoms with E-state index in [0.29, 0.717) is 36.9 Å². The molecule has 2 aromatic carbocycles. The lowest BCUT2D eigenvalue weighted by atomic mass is 9.89. The number of carbonyl (C=O) groups is 1. The number of nitrogens with two attached hydrogens (primary N) is 1. The van der Waals surface area contributed by atoms with Crippen molar-refractivity contribution in [2.24, 2.45) is 11.7 Å². The van der Waals surface area contributed by atoms with Gasteiger partial charge < -0.3 is 24.8 Å². The highest BCUT2D eigenvalue weighted by Gasteiger charge is 2.35. The number of halogens is 1. The van der Waals surface area contributed by atoms with Crippen molar-refractivity contribution in [2.45, 2.75) is 12.3 Å². The molecule has 0 saturated carbocycles. The van der Waals surface area contributed by atoms with Crippen LogP contribution in [0.2, 0.25) is 0 Å². The highest BCUT2D eigenvalue weighted by Crippen LogP contribution is 2.39. The minimum Gasteiger partial charge on any atom is -0.493 e. The molecule has 0 aliphatic carbocycles. The Kier molecular flexibility index (Phi) is 8.17. The second-order valence-electron chi connectivity index (χ2n) is 7.02. The first-order valence-electron chi connectivity index (χ1n) is 9.42. The van der Waals surface area contributed by atoms with Crippen molar-refractivity contribution in [3.63, 3.8) is 0 Å². The van der Waals surface area contributed by atoms with Crippen LogP contribution in [0.5, 0.6) is 17.2 Å². The summed E-state index contributed by atoms with van der Waals surface area (Å²) in [6.45, 7) is 1.93. The standard InChI is InChI=1S/C22H28N2O4.ClH/c1-26-19-9-15(10-20(27-2)22(19)28-3)11-21(25)24-13-17(12-23)18(14-24)16-7-5-4-6-8-16;/h4-10,17-18H,11-14,23H2,1-3H3;1H/t17-,18+;/m1./s1. The van der Waals surface area contributed by atoms with Gasteiger partial charge in [0.2, 0.25) is 11.7 Å². The van der Waals surface area contributed by atoms with Crippen molar-refractivity contribution < 1.29 is 19.0 Å². The van der Waals surface area contributed by atoms with E-state index in [0.717, 1.165) is 5.56 Å². The van der Waals surface area contributed by atoms with Gasteiger partial charge in [-0.2, -0.15) is 0 Å². The van der Waals surface area contributed by atoms with Gasteiger partial charge in [0.25, 0.3) is 0 Å². The van der Waals surface area contributed by atoms with Crippen LogP contribution in [-0.4, -0.2) is 51.8 Å². The summed E-state index contributed by atoms with van der Waals surface area (Å²) in [5, 5.41) is 0. The topological polar surface area (TPSA) is 74.0 Å². The van der Waals surface area contributed by atoms with Gasteiger partial charge in [-0.05, 0) is 35.7 Å². The highest BCUT2D eigenvalue weighted by molar-refractivity contribution is 5.85. The van der Waals surface area contributed by atoms with Crippen molar-refractivity contribution >= 4 is 18.3 Å². The predicted molar refractivity (Wildman–Crippen MR) is 115 cm³/mol. The van der Waals surface area contributed by atoms with Crippen LogP contribution in [-0.2, 0) is 11.2 Å². The summed E-state index contributed by atoms with van der Waals surface area (Å²) in [4.78, 5) is 14.9. The minimum atomic E-state index is 0. The van der Waals surface area contributed by atoms with Crippen molar-refractivity contribution in [1.82, 2.24) is 4.90 Å². The third-order valence-electron chi connectivity index (χ3n) is 5.40. The van der Waals surface area contributed by atoms with E-state index in [4.69, 9.17) is 19.9 Å². The van der Waals surface area contributed by atoms with Crippen LogP contribution in [0.25, 0.3) is 0 Å². The summed E-state index contributed by atoms with van der Waals surface area (Å²) in [6, 6.07) is 13.9. The second-order valence-corrected chi connectivity index (χ2v) is 7.02. The van der Waals surface area contributed by atoms with Crippen LogP contribution in [0.15, 0.2) is 42.5 Å². The maximum Gasteiger partial charge on any atom is 0.227 e. The summed E-state index contributed by atoms with van der Waals surface area (Å²) in [5.74, 6) is 2.24. The van der Waals surface area contributed by atoms with Crippen molar-refractivity contribution in [3.05, 3.63) is 53.6 Å². The molecular formula is C22H29ClN2O4. The molecule has 1 fully saturated rings. The molecule has 1 aliphatic heterocycles. The molecule has 2 N–H and O–H groups in total. The normalized spacial score (nSPS) is 18.1. The van der Waals surface area contributed by atoms with Crippen molar-refractivity contribution in [3.8, 4) is 17.2 Å². The molecule has 7 heteroatoms. The molecule has 2 aromatic rings. The number of methoxy groups -OCH3 is 3. The molecule has 3 rings (SSSR count). The summed E-state index contributed by atoms with van der Waals surface area (Å²) >= 11 is 0. The molecule has 1 aliphatic rings. The summed E-state index contributed by atoms with van der Waals surface area (Å²) in [7, 11) is 4.70. The average molecular weight is 421 g/mol. The summed E-state index contributed by atoms with van der Waals surface area (Å²) < 4.78 is 16.1. The third-order valence-corrected chi connectivity index (χ3v) is 5.40. The Bertz CT molecular complexity index is 791. The Balaban J connectivity index is 0.00000300. The smallest absolute Gasteiger partial charge is 0.227 e. The van der Waals surface area contributed by atoms with Crippen LogP contribution >= 0.6 is 12.4 Å². The lowest BCUT2D eigenvalue weighted by molar-refractivity contribution is -0.129. The fourth-order valence-corrected chi connectivity index (χ4v) is 3.92. The quantitative estimate of drug-likeness (QED) is 0.745. The van der Waals surface area contributed by atoms with Crippen LogP contribution in [0.1, 0.15) is 17.0 Å². The number of hydrogen-bond donors (Lipinski definition) is 1. The van der Waals surface area contributed by atoms with Crippen molar-refractivity contribution in [1.29, 1.82) is 0 Å². The van der Waals surface area contributed by atoms with Gasteiger partial charge in [0, 0.05) is 19.0 Å². The van der Waals surface area contributed by atoms with Gasteiger partial charge in [0.1, 0.15) is 0 Å². The van der Waals surface area contributed by atoms with E-state index in [1.54, 1.807) is 21.3 Å². The third kappa shape index (κ3) is 4.95. The van der Waals surface area contributed by atoms with Gasteiger partial charge in [0.15, 0.2) is 11.5 Å². The van der Waals surface area contributed by atoms with E-state index in [1.807, 2.05) is 35.2 Å². The van der Waals surface area contributed by atoms with E-state index >= 15 is 0 Å². The fraction of sp³-hybridized carbons (Fsp3) is 0.409. The molecular weight excluding hydrogens is 392 g/mol. The largest absolute Gasteiger partial charge is 0.493 e. The van der Waals surface area contributed by atoms with Gasteiger partial charge in [-0.3, -0.25) is 4.79 Å². The molecule has 1 amide bonds. The molecule has 6 nitrogen and oxygen atoms in total. The lowest BCUT2D eigenvalue weighted by Crippen LogP contribution is -2.31. The Labute approximate surface area is 178 Å². The first-order chi connectivity index (χ1) is 13.6. The molecule has 158 valence electrons. The minimum absolute atomic E-state index is 0. The molecule has 0 bridgehead atoms. The van der Waals surface area contributed by atoms with Gasteiger partial charge >= 0.3 is 0 Å². The van der Waals surface area contributed by atoms with Gasteiger partial charge in [-0.1, -0.05) is 30.3 Å². The highest BCUT2D eigenvalue weighted by atomic mass is 35.5. The van der Waals surface area contributed by atoms with E-state index in [-0.39, 0.29) is 36.6 Å². The molecule has 0 spiro atoms. The van der Waals surface area contributed by atoms with E-state index in [2.05, 4.69) is 12.1 Å². The number of likely N-dealkylation sites (tertiary alicyclic amines) is 1. The zero-order chi connectivity index (χ0) is 20.1. The second kappa shape index (κ2) is 10.4. The molecule has 2 atom stereocenters. The lowest BCUT2D eigenvalue weighted by Gasteiger charge is -2.18. The number of ether oxygens (including phenoxy) is 3. The first-order valence-corrected chi connectivity index (χ1v) is 9.42. The van der Waals surface area contributed by atoms with E-state index < -0.39 is 0 Å². The fourth-order valence-electron chi connectivity index (χ4n) is 3.92. The Morgan fingerprint density at radius 3 is 2.17 bits per heavy atom. The number of nitrogens with zero attached hydrogens (tertiary/aromatic N) is 1. The van der Waals surface area contributed by atoms with Crippen LogP contribution in [0.3, 0.4) is 0 Å². The number of hydrogen-bond acceptors (Lipinski definition) is 5. The number of benzene rings is 2. The molecule has 0 aromatic heterocycles. The summed E-state index contributed by atoms with van der Waals surface area (Å²) in [5.41, 5.74) is 8.06. The maximum absolute atomic E-state index is 13.0. The SMILES string of the molecule is COc1cc(CC(=O)N2C[C@@H](CN)[C@H](c3ccccc3)C2)cc(OC)c1OC.Cl. The van der Waals surface area contributed by atoms with Gasteiger partial charge in [-0.15, -0.1) is 12.4 Å². The number of carbonyl (C=O) groups excluding carboxylic acids is 1. The summed E-state index contributed by atoms with van der Waals surface area (Å²) in [6.07, 6.45) is 0.273. The molecule has 29 heavy (non-hydrogen) atoms. The molecule has 1 heterocycles. The number of amides is 1. The zero-order valence-electron chi connectivity index (χ0n) is 17.1. The Hall–Kier alpha value is -2.44. The first kappa shape index (κ1) is 22.8. The van der Waals surface area contributed by atoms with Crippen LogP contribution in [0.4, 0.5) is 0 Å². The Morgan fingerprint density at radius 1 is 1.03 bits per heavy atom. The van der Waals surface area contributed by atoms with Gasteiger partial charge in [0.05, 0.1) is 27.8 Å². The monoisotopic (exact) mass is 420 g/mol. The van der Waals surface area contributed by atoms with Crippen LogP contribution in [0, 0.1) is 5.92 Å². The average Bonchev–Trinajstić information content (AvgIpc) is 3.18. The molecule has 0 radical (unpaired) electrons. The molecule has 1 saturated heterocycles. The van der Waals surface area contributed by atoms with E-state index in [9.17, 15) is 4.79 Å². The zero-order valence-corrected chi connectivity index (χ0v) is 17.9. The van der Waals surface area contributed by atoms with Crippen molar-refractivity contribution in [2.75, 3.05) is 41.0 Å². The number of rotatable bonds is 7. The maximum atomic E-state index is 13.0. The van der Waals surface area contributed by atoms with Gasteiger partial charge in [-0.25, -0.2) is 0 Å². The predicted octanol–water partition coefficient (Wildman–Crippen LogP) is 2.88. The Morgan fingerprint density at radius 2 is 1.66 bits per heavy atom.